The molecule has 4 nitrogen and oxygen atoms in total. The van der Waals surface area contributed by atoms with E-state index in [1.165, 1.54) is 23.4 Å². The van der Waals surface area contributed by atoms with Gasteiger partial charge in [0.15, 0.2) is 0 Å². The average Bonchev–Trinajstić information content (AvgIpc) is 2.88. The summed E-state index contributed by atoms with van der Waals surface area (Å²) < 4.78 is 9.27. The lowest BCUT2D eigenvalue weighted by atomic mass is 10.2. The van der Waals surface area contributed by atoms with Gasteiger partial charge in [0.05, 0.1) is 6.61 Å². The van der Waals surface area contributed by atoms with E-state index in [1.807, 2.05) is 6.07 Å². The van der Waals surface area contributed by atoms with Gasteiger partial charge in [-0.25, -0.2) is 0 Å². The van der Waals surface area contributed by atoms with Crippen LogP contribution >= 0.6 is 11.5 Å². The topological polar surface area (TPSA) is 47.0 Å². The number of aromatic nitrogens is 2. The molecule has 0 fully saturated rings. The summed E-state index contributed by atoms with van der Waals surface area (Å²) in [4.78, 5) is 3.95. The fourth-order valence-corrected chi connectivity index (χ4v) is 1.83. The van der Waals surface area contributed by atoms with Crippen molar-refractivity contribution in [2.45, 2.75) is 13.0 Å². The second-order valence-corrected chi connectivity index (χ2v) is 4.31. The average molecular weight is 249 g/mol. The van der Waals surface area contributed by atoms with Crippen molar-refractivity contribution in [2.24, 2.45) is 0 Å². The molecule has 2 aromatic rings. The number of nitrogens with one attached hydrogen (secondary N) is 1. The van der Waals surface area contributed by atoms with Gasteiger partial charge in [-0.2, -0.15) is 9.36 Å². The Bertz CT molecular complexity index is 405. The van der Waals surface area contributed by atoms with Crippen LogP contribution in [0.5, 0.6) is 5.19 Å². The summed E-state index contributed by atoms with van der Waals surface area (Å²) in [5, 5.41) is 4.02. The van der Waals surface area contributed by atoms with Crippen LogP contribution in [-0.4, -0.2) is 22.5 Å². The zero-order valence-electron chi connectivity index (χ0n) is 9.50. The van der Waals surface area contributed by atoms with Crippen molar-refractivity contribution in [1.29, 1.82) is 0 Å². The Morgan fingerprint density at radius 2 is 2.12 bits per heavy atom. The van der Waals surface area contributed by atoms with Gasteiger partial charge < -0.3 is 10.1 Å². The van der Waals surface area contributed by atoms with E-state index >= 15 is 0 Å². The number of hydrogen-bond acceptors (Lipinski definition) is 5. The fourth-order valence-electron chi connectivity index (χ4n) is 1.41. The van der Waals surface area contributed by atoms with Crippen LogP contribution in [0.3, 0.4) is 0 Å². The standard InChI is InChI=1S/C12H15N3OS/c1-2-5-11(6-3-1)9-13-7-4-8-16-12-14-10-15-17-12/h1-3,5-6,10,13H,4,7-9H2. The van der Waals surface area contributed by atoms with Crippen molar-refractivity contribution in [1.82, 2.24) is 14.7 Å². The van der Waals surface area contributed by atoms with Crippen LogP contribution in [0.1, 0.15) is 12.0 Å². The molecule has 0 aliphatic carbocycles. The largest absolute Gasteiger partial charge is 0.469 e. The quantitative estimate of drug-likeness (QED) is 0.763. The summed E-state index contributed by atoms with van der Waals surface area (Å²) in [6.07, 6.45) is 2.47. The maximum atomic E-state index is 5.40. The molecule has 1 heterocycles. The smallest absolute Gasteiger partial charge is 0.292 e. The maximum absolute atomic E-state index is 5.40. The van der Waals surface area contributed by atoms with Crippen LogP contribution in [0.15, 0.2) is 36.7 Å². The van der Waals surface area contributed by atoms with Gasteiger partial charge in [-0.3, -0.25) is 0 Å². The van der Waals surface area contributed by atoms with Gasteiger partial charge in [0.1, 0.15) is 6.33 Å². The summed E-state index contributed by atoms with van der Waals surface area (Å²) in [7, 11) is 0. The molecule has 17 heavy (non-hydrogen) atoms. The molecule has 2 rings (SSSR count). The Hall–Kier alpha value is -1.46. The Balaban J connectivity index is 1.52. The Morgan fingerprint density at radius 1 is 1.24 bits per heavy atom. The van der Waals surface area contributed by atoms with Crippen LogP contribution in [0.25, 0.3) is 0 Å². The Labute approximate surface area is 105 Å². The van der Waals surface area contributed by atoms with Crippen molar-refractivity contribution in [2.75, 3.05) is 13.2 Å². The highest BCUT2D eigenvalue weighted by atomic mass is 32.1. The molecule has 0 aliphatic heterocycles. The molecule has 5 heteroatoms. The van der Waals surface area contributed by atoms with Gasteiger partial charge in [0.25, 0.3) is 5.19 Å². The molecule has 0 saturated heterocycles. The molecule has 1 aromatic carbocycles. The number of nitrogens with zero attached hydrogens (tertiary/aromatic N) is 2. The van der Waals surface area contributed by atoms with Crippen LogP contribution in [0.2, 0.25) is 0 Å². The first-order valence-corrected chi connectivity index (χ1v) is 6.36. The molecule has 0 spiro atoms. The lowest BCUT2D eigenvalue weighted by Crippen LogP contribution is -2.16. The van der Waals surface area contributed by atoms with Gasteiger partial charge >= 0.3 is 0 Å². The molecular formula is C12H15N3OS. The second-order valence-electron chi connectivity index (χ2n) is 3.57. The lowest BCUT2D eigenvalue weighted by Gasteiger charge is -2.04. The van der Waals surface area contributed by atoms with E-state index in [-0.39, 0.29) is 0 Å². The predicted octanol–water partition coefficient (Wildman–Crippen LogP) is 2.10. The summed E-state index contributed by atoms with van der Waals surface area (Å²) in [5.74, 6) is 0. The minimum atomic E-state index is 0.646. The van der Waals surface area contributed by atoms with E-state index in [1.54, 1.807) is 0 Å². The molecule has 0 saturated carbocycles. The zero-order valence-corrected chi connectivity index (χ0v) is 10.3. The minimum absolute atomic E-state index is 0.646. The molecule has 0 amide bonds. The summed E-state index contributed by atoms with van der Waals surface area (Å²) in [5.41, 5.74) is 1.30. The normalized spacial score (nSPS) is 10.4. The van der Waals surface area contributed by atoms with Gasteiger partial charge in [-0.1, -0.05) is 30.3 Å². The van der Waals surface area contributed by atoms with Crippen LogP contribution in [-0.2, 0) is 6.54 Å². The van der Waals surface area contributed by atoms with Crippen molar-refractivity contribution in [3.8, 4) is 5.19 Å². The highest BCUT2D eigenvalue weighted by Crippen LogP contribution is 2.09. The maximum Gasteiger partial charge on any atom is 0.292 e. The third-order valence-corrected chi connectivity index (χ3v) is 2.82. The number of benzene rings is 1. The predicted molar refractivity (Wildman–Crippen MR) is 68.2 cm³/mol. The lowest BCUT2D eigenvalue weighted by molar-refractivity contribution is 0.306. The summed E-state index contributed by atoms with van der Waals surface area (Å²) in [6, 6.07) is 10.4. The molecule has 0 unspecified atom stereocenters. The first-order valence-electron chi connectivity index (χ1n) is 5.59. The summed E-state index contributed by atoms with van der Waals surface area (Å²) in [6.45, 7) is 2.52. The SMILES string of the molecule is c1ccc(CNCCCOc2ncns2)cc1. The monoisotopic (exact) mass is 249 g/mol. The fraction of sp³-hybridized carbons (Fsp3) is 0.333. The zero-order chi connectivity index (χ0) is 11.8. The van der Waals surface area contributed by atoms with Gasteiger partial charge in [0.2, 0.25) is 0 Å². The van der Waals surface area contributed by atoms with E-state index in [9.17, 15) is 0 Å². The van der Waals surface area contributed by atoms with E-state index in [0.29, 0.717) is 11.8 Å². The number of hydrogen-bond donors (Lipinski definition) is 1. The van der Waals surface area contributed by atoms with Crippen LogP contribution in [0, 0.1) is 0 Å². The van der Waals surface area contributed by atoms with Crippen molar-refractivity contribution < 1.29 is 4.74 Å². The van der Waals surface area contributed by atoms with E-state index < -0.39 is 0 Å². The molecule has 1 N–H and O–H groups in total. The summed E-state index contributed by atoms with van der Waals surface area (Å²) >= 11 is 1.28. The minimum Gasteiger partial charge on any atom is -0.469 e. The van der Waals surface area contributed by atoms with Crippen molar-refractivity contribution >= 4 is 11.5 Å². The molecule has 0 atom stereocenters. The third kappa shape index (κ3) is 4.50. The Morgan fingerprint density at radius 3 is 2.88 bits per heavy atom. The molecular weight excluding hydrogens is 234 g/mol. The van der Waals surface area contributed by atoms with E-state index in [2.05, 4.69) is 38.9 Å². The second kappa shape index (κ2) is 6.98. The molecule has 1 aromatic heterocycles. The highest BCUT2D eigenvalue weighted by Gasteiger charge is 1.96. The number of ether oxygens (including phenoxy) is 1. The van der Waals surface area contributed by atoms with Crippen molar-refractivity contribution in [3.63, 3.8) is 0 Å². The first-order chi connectivity index (χ1) is 8.45. The molecule has 90 valence electrons. The van der Waals surface area contributed by atoms with Gasteiger partial charge in [-0.05, 0) is 18.5 Å². The van der Waals surface area contributed by atoms with Gasteiger partial charge in [-0.15, -0.1) is 0 Å². The molecule has 0 aliphatic rings. The first kappa shape index (κ1) is 12.0. The molecule has 0 bridgehead atoms. The van der Waals surface area contributed by atoms with Crippen LogP contribution in [0.4, 0.5) is 0 Å². The van der Waals surface area contributed by atoms with Gasteiger partial charge in [0, 0.05) is 18.1 Å². The third-order valence-electron chi connectivity index (χ3n) is 2.24. The van der Waals surface area contributed by atoms with E-state index in [4.69, 9.17) is 4.74 Å². The van der Waals surface area contributed by atoms with Crippen molar-refractivity contribution in [3.05, 3.63) is 42.2 Å². The number of rotatable bonds is 7. The Kier molecular flexibility index (Phi) is 4.93. The van der Waals surface area contributed by atoms with E-state index in [0.717, 1.165) is 19.5 Å². The van der Waals surface area contributed by atoms with Crippen LogP contribution < -0.4 is 10.1 Å². The molecule has 0 radical (unpaired) electrons. The highest BCUT2D eigenvalue weighted by molar-refractivity contribution is 7.07.